The van der Waals surface area contributed by atoms with Crippen LogP contribution in [-0.2, 0) is 0 Å². The van der Waals surface area contributed by atoms with E-state index in [1.807, 2.05) is 12.1 Å². The Morgan fingerprint density at radius 3 is 2.57 bits per heavy atom. The second-order valence-electron chi connectivity index (χ2n) is 8.29. The van der Waals surface area contributed by atoms with Gasteiger partial charge in [-0.1, -0.05) is 18.2 Å². The number of nitrogens with zero attached hydrogens (tertiary/aromatic N) is 4. The van der Waals surface area contributed by atoms with Gasteiger partial charge in [0.05, 0.1) is 10.4 Å². The molecule has 3 aromatic rings. The first kappa shape index (κ1) is 19.3. The minimum Gasteiger partial charge on any atom is -0.365 e. The highest BCUT2D eigenvalue weighted by molar-refractivity contribution is 7.13. The van der Waals surface area contributed by atoms with Crippen LogP contribution in [0.5, 0.6) is 0 Å². The van der Waals surface area contributed by atoms with Gasteiger partial charge in [0.1, 0.15) is 5.82 Å². The van der Waals surface area contributed by atoms with Gasteiger partial charge in [-0.15, -0.1) is 11.3 Å². The largest absolute Gasteiger partial charge is 0.365 e. The molecule has 0 bridgehead atoms. The molecule has 148 valence electrons. The Balaban J connectivity index is 1.54. The van der Waals surface area contributed by atoms with Crippen molar-refractivity contribution in [2.75, 3.05) is 45.1 Å². The molecule has 0 radical (unpaired) electrons. The van der Waals surface area contributed by atoms with Crippen molar-refractivity contribution in [3.05, 3.63) is 41.8 Å². The van der Waals surface area contributed by atoms with Crippen LogP contribution in [0.2, 0.25) is 0 Å². The molecule has 1 aliphatic rings. The lowest BCUT2D eigenvalue weighted by Crippen LogP contribution is -2.46. The van der Waals surface area contributed by atoms with Gasteiger partial charge in [0.25, 0.3) is 0 Å². The Hall–Kier alpha value is -2.02. The predicted octanol–water partition coefficient (Wildman–Crippen LogP) is 4.19. The zero-order valence-corrected chi connectivity index (χ0v) is 17.8. The van der Waals surface area contributed by atoms with Crippen molar-refractivity contribution in [3.8, 4) is 10.7 Å². The zero-order valence-electron chi connectivity index (χ0n) is 17.0. The van der Waals surface area contributed by atoms with E-state index in [0.29, 0.717) is 0 Å². The van der Waals surface area contributed by atoms with Crippen molar-refractivity contribution in [1.82, 2.24) is 19.8 Å². The number of hydrogen-bond donors (Lipinski definition) is 1. The summed E-state index contributed by atoms with van der Waals surface area (Å²) in [6, 6.07) is 12.4. The van der Waals surface area contributed by atoms with Crippen LogP contribution in [0.25, 0.3) is 21.6 Å². The first-order valence-corrected chi connectivity index (χ1v) is 10.9. The molecule has 1 aromatic carbocycles. The zero-order chi connectivity index (χ0) is 19.6. The normalized spacial score (nSPS) is 16.5. The first-order chi connectivity index (χ1) is 13.5. The molecule has 0 saturated carbocycles. The second kappa shape index (κ2) is 8.15. The lowest BCUT2D eigenvalue weighted by Gasteiger charge is -2.35. The smallest absolute Gasteiger partial charge is 0.172 e. The summed E-state index contributed by atoms with van der Waals surface area (Å²) in [5.74, 6) is 1.73. The number of thiophene rings is 1. The monoisotopic (exact) mass is 395 g/mol. The topological polar surface area (TPSA) is 44.3 Å². The molecular formula is C22H29N5S. The van der Waals surface area contributed by atoms with E-state index in [4.69, 9.17) is 9.97 Å². The highest BCUT2D eigenvalue weighted by Gasteiger charge is 2.23. The summed E-state index contributed by atoms with van der Waals surface area (Å²) in [4.78, 5) is 15.8. The molecule has 2 aromatic heterocycles. The Kier molecular flexibility index (Phi) is 5.62. The van der Waals surface area contributed by atoms with E-state index in [1.165, 1.54) is 0 Å². The van der Waals surface area contributed by atoms with Gasteiger partial charge in [0, 0.05) is 43.6 Å². The van der Waals surface area contributed by atoms with Crippen LogP contribution in [0.15, 0.2) is 41.8 Å². The predicted molar refractivity (Wildman–Crippen MR) is 119 cm³/mol. The quantitative estimate of drug-likeness (QED) is 0.678. The molecule has 28 heavy (non-hydrogen) atoms. The molecule has 0 amide bonds. The number of para-hydroxylation sites is 1. The fourth-order valence-corrected chi connectivity index (χ4v) is 4.24. The van der Waals surface area contributed by atoms with Crippen molar-refractivity contribution >= 4 is 28.1 Å². The molecule has 0 atom stereocenters. The molecule has 1 N–H and O–H groups in total. The Bertz CT molecular complexity index is 914. The van der Waals surface area contributed by atoms with Crippen LogP contribution in [0.4, 0.5) is 5.82 Å². The van der Waals surface area contributed by atoms with Crippen LogP contribution in [0.1, 0.15) is 20.3 Å². The van der Waals surface area contributed by atoms with Crippen molar-refractivity contribution < 1.29 is 0 Å². The third-order valence-electron chi connectivity index (χ3n) is 5.45. The summed E-state index contributed by atoms with van der Waals surface area (Å²) in [6.07, 6.45) is 1.07. The number of likely N-dealkylation sites (N-methyl/N-ethyl adjacent to an activating group) is 1. The number of rotatable bonds is 6. The average Bonchev–Trinajstić information content (AvgIpc) is 3.22. The number of fused-ring (bicyclic) bond motifs is 1. The summed E-state index contributed by atoms with van der Waals surface area (Å²) in [5.41, 5.74) is 0.936. The van der Waals surface area contributed by atoms with Gasteiger partial charge in [-0.2, -0.15) is 0 Å². The highest BCUT2D eigenvalue weighted by atomic mass is 32.1. The van der Waals surface area contributed by atoms with Gasteiger partial charge in [0.2, 0.25) is 0 Å². The number of hydrogen-bond acceptors (Lipinski definition) is 6. The van der Waals surface area contributed by atoms with E-state index in [2.05, 4.69) is 65.7 Å². The van der Waals surface area contributed by atoms with Crippen LogP contribution in [0.3, 0.4) is 0 Å². The third-order valence-corrected chi connectivity index (χ3v) is 6.32. The van der Waals surface area contributed by atoms with Gasteiger partial charge in [0.15, 0.2) is 5.82 Å². The molecule has 0 spiro atoms. The fraction of sp³-hybridized carbons (Fsp3) is 0.455. The molecular weight excluding hydrogens is 366 g/mol. The van der Waals surface area contributed by atoms with Gasteiger partial charge in [-0.05, 0) is 50.9 Å². The molecule has 1 aliphatic heterocycles. The highest BCUT2D eigenvalue weighted by Crippen LogP contribution is 2.29. The molecule has 4 rings (SSSR count). The van der Waals surface area contributed by atoms with Crippen LogP contribution in [0, 0.1) is 0 Å². The van der Waals surface area contributed by atoms with Crippen LogP contribution >= 0.6 is 11.3 Å². The lowest BCUT2D eigenvalue weighted by atomic mass is 9.99. The maximum atomic E-state index is 4.90. The number of aromatic nitrogens is 2. The molecule has 6 heteroatoms. The van der Waals surface area contributed by atoms with Crippen molar-refractivity contribution in [1.29, 1.82) is 0 Å². The van der Waals surface area contributed by atoms with E-state index >= 15 is 0 Å². The third kappa shape index (κ3) is 4.51. The number of anilines is 1. The van der Waals surface area contributed by atoms with Crippen LogP contribution in [-0.4, -0.2) is 65.1 Å². The average molecular weight is 396 g/mol. The number of nitrogens with one attached hydrogen (secondary N) is 1. The summed E-state index contributed by atoms with van der Waals surface area (Å²) in [6.45, 7) is 10.3. The summed E-state index contributed by atoms with van der Waals surface area (Å²) < 4.78 is 0. The van der Waals surface area contributed by atoms with E-state index < -0.39 is 0 Å². The van der Waals surface area contributed by atoms with Gasteiger partial charge >= 0.3 is 0 Å². The summed E-state index contributed by atoms with van der Waals surface area (Å²) >= 11 is 1.68. The van der Waals surface area contributed by atoms with E-state index in [9.17, 15) is 0 Å². The summed E-state index contributed by atoms with van der Waals surface area (Å²) in [5, 5.41) is 6.88. The van der Waals surface area contributed by atoms with E-state index in [1.54, 1.807) is 11.3 Å². The Morgan fingerprint density at radius 2 is 1.82 bits per heavy atom. The van der Waals surface area contributed by atoms with E-state index in [-0.39, 0.29) is 5.54 Å². The SMILES string of the molecule is CN1CCN(CCC(C)(C)Nc2nc(-c3cccs3)nc3ccccc23)CC1. The molecule has 1 fully saturated rings. The standard InChI is InChI=1S/C22H29N5S/c1-22(2,10-11-27-14-12-26(3)13-15-27)25-20-17-7-4-5-8-18(17)23-21(24-20)19-9-6-16-28-19/h4-9,16H,10-15H2,1-3H3,(H,23,24,25). The summed E-state index contributed by atoms with van der Waals surface area (Å²) in [7, 11) is 2.20. The minimum absolute atomic E-state index is 0.0484. The molecule has 0 unspecified atom stereocenters. The van der Waals surface area contributed by atoms with Crippen LogP contribution < -0.4 is 5.32 Å². The van der Waals surface area contributed by atoms with Gasteiger partial charge in [-0.3, -0.25) is 0 Å². The van der Waals surface area contributed by atoms with Crippen molar-refractivity contribution in [2.24, 2.45) is 0 Å². The van der Waals surface area contributed by atoms with Crippen molar-refractivity contribution in [2.45, 2.75) is 25.8 Å². The minimum atomic E-state index is -0.0484. The lowest BCUT2D eigenvalue weighted by molar-refractivity contribution is 0.147. The maximum absolute atomic E-state index is 4.90. The molecule has 3 heterocycles. The molecule has 0 aliphatic carbocycles. The molecule has 5 nitrogen and oxygen atoms in total. The number of benzene rings is 1. The second-order valence-corrected chi connectivity index (χ2v) is 9.24. The fourth-order valence-electron chi connectivity index (χ4n) is 3.58. The number of piperazine rings is 1. The van der Waals surface area contributed by atoms with Gasteiger partial charge < -0.3 is 15.1 Å². The Labute approximate surface area is 171 Å². The Morgan fingerprint density at radius 1 is 1.04 bits per heavy atom. The molecule has 1 saturated heterocycles. The van der Waals surface area contributed by atoms with Crippen molar-refractivity contribution in [3.63, 3.8) is 0 Å². The first-order valence-electron chi connectivity index (χ1n) is 10.00. The maximum Gasteiger partial charge on any atom is 0.172 e. The van der Waals surface area contributed by atoms with E-state index in [0.717, 1.165) is 66.6 Å². The van der Waals surface area contributed by atoms with Gasteiger partial charge in [-0.25, -0.2) is 9.97 Å².